The number of amidine groups is 1. The van der Waals surface area contributed by atoms with Crippen LogP contribution in [0.15, 0.2) is 41.5 Å². The van der Waals surface area contributed by atoms with Crippen LogP contribution >= 0.6 is 0 Å². The SMILES string of the molecule is CCNC(=O)c1c(F)cc(Oc2cc(C(=O)N=C(N)/C=C\NC)cc(OC(C)(C)C)c2C)cc1F. The predicted octanol–water partition coefficient (Wildman–Crippen LogP) is 4.22. The molecule has 2 aromatic rings. The van der Waals surface area contributed by atoms with Gasteiger partial charge in [0.2, 0.25) is 0 Å². The molecule has 0 heterocycles. The number of hydrogen-bond donors (Lipinski definition) is 3. The minimum absolute atomic E-state index is 0.0317. The number of halogens is 2. The number of nitrogens with two attached hydrogens (primary N) is 1. The summed E-state index contributed by atoms with van der Waals surface area (Å²) in [5.41, 5.74) is 4.99. The number of aliphatic imine (C=N–C) groups is 1. The first-order valence-electron chi connectivity index (χ1n) is 10.9. The number of amides is 2. The molecule has 2 aromatic carbocycles. The van der Waals surface area contributed by atoms with Gasteiger partial charge in [-0.25, -0.2) is 8.78 Å². The topological polar surface area (TPSA) is 115 Å². The number of ether oxygens (including phenoxy) is 2. The van der Waals surface area contributed by atoms with Crippen molar-refractivity contribution in [3.8, 4) is 17.2 Å². The van der Waals surface area contributed by atoms with E-state index in [1.165, 1.54) is 24.4 Å². The summed E-state index contributed by atoms with van der Waals surface area (Å²) in [6, 6.07) is 4.65. The molecule has 4 N–H and O–H groups in total. The van der Waals surface area contributed by atoms with Crippen LogP contribution in [0.1, 0.15) is 54.0 Å². The number of nitrogens with zero attached hydrogens (tertiary/aromatic N) is 1. The Balaban J connectivity index is 2.54. The van der Waals surface area contributed by atoms with E-state index in [1.54, 1.807) is 20.9 Å². The highest BCUT2D eigenvalue weighted by Crippen LogP contribution is 2.36. The normalized spacial score (nSPS) is 11.9. The zero-order valence-corrected chi connectivity index (χ0v) is 20.6. The first-order valence-corrected chi connectivity index (χ1v) is 10.9. The molecule has 0 saturated carbocycles. The molecule has 35 heavy (non-hydrogen) atoms. The van der Waals surface area contributed by atoms with Gasteiger partial charge in [-0.1, -0.05) is 0 Å². The molecule has 0 saturated heterocycles. The summed E-state index contributed by atoms with van der Waals surface area (Å²) in [5, 5.41) is 5.09. The lowest BCUT2D eigenvalue weighted by Gasteiger charge is -2.24. The molecule has 2 amide bonds. The van der Waals surface area contributed by atoms with Crippen LogP contribution in [-0.4, -0.2) is 36.8 Å². The summed E-state index contributed by atoms with van der Waals surface area (Å²) in [6.45, 7) is 8.99. The molecule has 0 radical (unpaired) electrons. The van der Waals surface area contributed by atoms with Gasteiger partial charge in [0.15, 0.2) is 0 Å². The maximum Gasteiger partial charge on any atom is 0.279 e. The van der Waals surface area contributed by atoms with Gasteiger partial charge in [0.05, 0.1) is 0 Å². The van der Waals surface area contributed by atoms with Crippen LogP contribution in [0.25, 0.3) is 0 Å². The third-order valence-corrected chi connectivity index (χ3v) is 4.43. The monoisotopic (exact) mass is 488 g/mol. The third kappa shape index (κ3) is 7.53. The maximum absolute atomic E-state index is 14.5. The van der Waals surface area contributed by atoms with Crippen LogP contribution in [0.5, 0.6) is 17.2 Å². The fourth-order valence-corrected chi connectivity index (χ4v) is 2.92. The Bertz CT molecular complexity index is 1150. The molecule has 0 aliphatic heterocycles. The summed E-state index contributed by atoms with van der Waals surface area (Å²) >= 11 is 0. The molecule has 0 bridgehead atoms. The second-order valence-electron chi connectivity index (χ2n) is 8.50. The maximum atomic E-state index is 14.5. The van der Waals surface area contributed by atoms with E-state index in [0.29, 0.717) is 11.3 Å². The van der Waals surface area contributed by atoms with E-state index >= 15 is 0 Å². The number of nitrogens with one attached hydrogen (secondary N) is 2. The summed E-state index contributed by atoms with van der Waals surface area (Å²) < 4.78 is 40.8. The fourth-order valence-electron chi connectivity index (χ4n) is 2.92. The minimum atomic E-state index is -1.09. The number of hydrogen-bond acceptors (Lipinski definition) is 5. The van der Waals surface area contributed by atoms with Gasteiger partial charge in [-0.15, -0.1) is 0 Å². The molecule has 10 heteroatoms. The zero-order chi connectivity index (χ0) is 26.3. The average molecular weight is 489 g/mol. The van der Waals surface area contributed by atoms with Gasteiger partial charge in [0.1, 0.15) is 45.9 Å². The van der Waals surface area contributed by atoms with Crippen molar-refractivity contribution < 1.29 is 27.8 Å². The molecule has 0 atom stereocenters. The molecular formula is C25H30F2N4O4. The van der Waals surface area contributed by atoms with E-state index in [4.69, 9.17) is 15.2 Å². The molecule has 188 valence electrons. The Hall–Kier alpha value is -3.95. The summed E-state index contributed by atoms with van der Waals surface area (Å²) in [6.07, 6.45) is 2.93. The molecule has 0 aliphatic carbocycles. The van der Waals surface area contributed by atoms with E-state index in [2.05, 4.69) is 15.6 Å². The number of rotatable bonds is 8. The second kappa shape index (κ2) is 11.5. The van der Waals surface area contributed by atoms with Crippen molar-refractivity contribution in [3.05, 3.63) is 64.9 Å². The van der Waals surface area contributed by atoms with Crippen LogP contribution in [-0.2, 0) is 0 Å². The summed E-state index contributed by atoms with van der Waals surface area (Å²) in [7, 11) is 1.67. The van der Waals surface area contributed by atoms with Gasteiger partial charge in [-0.2, -0.15) is 4.99 Å². The summed E-state index contributed by atoms with van der Waals surface area (Å²) in [4.78, 5) is 28.5. The van der Waals surface area contributed by atoms with Crippen molar-refractivity contribution in [2.45, 2.75) is 40.2 Å². The zero-order valence-electron chi connectivity index (χ0n) is 20.6. The van der Waals surface area contributed by atoms with Crippen molar-refractivity contribution in [1.29, 1.82) is 0 Å². The highest BCUT2D eigenvalue weighted by Gasteiger charge is 2.22. The van der Waals surface area contributed by atoms with Crippen LogP contribution < -0.4 is 25.8 Å². The number of carbonyl (C=O) groups excluding carboxylic acids is 2. The van der Waals surface area contributed by atoms with E-state index in [-0.39, 0.29) is 29.4 Å². The van der Waals surface area contributed by atoms with Crippen molar-refractivity contribution >= 4 is 17.6 Å². The molecular weight excluding hydrogens is 458 g/mol. The minimum Gasteiger partial charge on any atom is -0.488 e. The quantitative estimate of drug-likeness (QED) is 0.379. The molecule has 0 fully saturated rings. The largest absolute Gasteiger partial charge is 0.488 e. The molecule has 0 unspecified atom stereocenters. The summed E-state index contributed by atoms with van der Waals surface area (Å²) in [5.74, 6) is -3.53. The molecule has 0 spiro atoms. The smallest absolute Gasteiger partial charge is 0.279 e. The highest BCUT2D eigenvalue weighted by atomic mass is 19.1. The van der Waals surface area contributed by atoms with Crippen LogP contribution in [0.3, 0.4) is 0 Å². The standard InChI is InChI=1S/C25H30F2N4O4/c1-7-30-24(33)22-17(26)12-16(13-18(22)27)34-19-10-15(23(32)31-21(28)8-9-29-6)11-20(14(19)2)35-25(3,4)5/h8-13,29H,7H2,1-6H3,(H,30,33)(H2,28,31,32)/b9-8-. The van der Waals surface area contributed by atoms with Gasteiger partial charge in [-0.05, 0) is 59.0 Å². The van der Waals surface area contributed by atoms with E-state index in [1.807, 2.05) is 20.8 Å². The Morgan fingerprint density at radius 3 is 2.26 bits per heavy atom. The first kappa shape index (κ1) is 27.3. The lowest BCUT2D eigenvalue weighted by atomic mass is 10.1. The highest BCUT2D eigenvalue weighted by molar-refractivity contribution is 6.06. The third-order valence-electron chi connectivity index (χ3n) is 4.43. The number of benzene rings is 2. The second-order valence-corrected chi connectivity index (χ2v) is 8.50. The molecule has 0 aromatic heterocycles. The molecule has 2 rings (SSSR count). The Morgan fingerprint density at radius 2 is 1.71 bits per heavy atom. The van der Waals surface area contributed by atoms with Crippen molar-refractivity contribution in [2.75, 3.05) is 13.6 Å². The Morgan fingerprint density at radius 1 is 1.11 bits per heavy atom. The van der Waals surface area contributed by atoms with Crippen LogP contribution in [0.2, 0.25) is 0 Å². The Kier molecular flexibility index (Phi) is 8.93. The number of carbonyl (C=O) groups is 2. The lowest BCUT2D eigenvalue weighted by molar-refractivity contribution is 0.0946. The van der Waals surface area contributed by atoms with Gasteiger partial charge in [-0.3, -0.25) is 9.59 Å². The van der Waals surface area contributed by atoms with Gasteiger partial charge >= 0.3 is 0 Å². The van der Waals surface area contributed by atoms with E-state index in [0.717, 1.165) is 12.1 Å². The lowest BCUT2D eigenvalue weighted by Crippen LogP contribution is -2.25. The fraction of sp³-hybridized carbons (Fsp3) is 0.320. The van der Waals surface area contributed by atoms with Crippen molar-refractivity contribution in [2.24, 2.45) is 10.7 Å². The predicted molar refractivity (Wildman–Crippen MR) is 130 cm³/mol. The van der Waals surface area contributed by atoms with Gasteiger partial charge < -0.3 is 25.8 Å². The Labute approximate surface area is 203 Å². The average Bonchev–Trinajstić information content (AvgIpc) is 2.73. The van der Waals surface area contributed by atoms with E-state index < -0.39 is 34.6 Å². The molecule has 0 aliphatic rings. The van der Waals surface area contributed by atoms with Crippen LogP contribution in [0, 0.1) is 18.6 Å². The molecule has 8 nitrogen and oxygen atoms in total. The first-order chi connectivity index (χ1) is 16.4. The van der Waals surface area contributed by atoms with Crippen LogP contribution in [0.4, 0.5) is 8.78 Å². The van der Waals surface area contributed by atoms with Gasteiger partial charge in [0, 0.05) is 36.9 Å². The van der Waals surface area contributed by atoms with Crippen molar-refractivity contribution in [1.82, 2.24) is 10.6 Å². The van der Waals surface area contributed by atoms with E-state index in [9.17, 15) is 18.4 Å². The van der Waals surface area contributed by atoms with Gasteiger partial charge in [0.25, 0.3) is 11.8 Å². The van der Waals surface area contributed by atoms with Crippen molar-refractivity contribution in [3.63, 3.8) is 0 Å².